The second-order valence-corrected chi connectivity index (χ2v) is 11.0. The van der Waals surface area contributed by atoms with Crippen LogP contribution < -0.4 is 5.32 Å². The highest BCUT2D eigenvalue weighted by Gasteiger charge is 2.54. The van der Waals surface area contributed by atoms with Gasteiger partial charge in [-0.3, -0.25) is 19.3 Å². The van der Waals surface area contributed by atoms with Crippen molar-refractivity contribution in [1.29, 1.82) is 0 Å². The molecule has 1 N–H and O–H groups in total. The van der Waals surface area contributed by atoms with E-state index in [1.165, 1.54) is 24.2 Å². The third-order valence-electron chi connectivity index (χ3n) is 8.28. The molecule has 158 valence electrons. The van der Waals surface area contributed by atoms with Crippen LogP contribution >= 0.6 is 0 Å². The second kappa shape index (κ2) is 6.95. The predicted molar refractivity (Wildman–Crippen MR) is 109 cm³/mol. The van der Waals surface area contributed by atoms with Gasteiger partial charge >= 0.3 is 0 Å². The molecule has 0 aromatic rings. The van der Waals surface area contributed by atoms with Gasteiger partial charge in [0.1, 0.15) is 6.04 Å². The van der Waals surface area contributed by atoms with E-state index in [9.17, 15) is 14.4 Å². The number of amides is 3. The number of allylic oxidation sites excluding steroid dienone is 2. The molecule has 6 rings (SSSR count). The first-order valence-electron chi connectivity index (χ1n) is 11.7. The van der Waals surface area contributed by atoms with Crippen LogP contribution in [0.25, 0.3) is 0 Å². The van der Waals surface area contributed by atoms with Gasteiger partial charge in [0.2, 0.25) is 17.7 Å². The van der Waals surface area contributed by atoms with Crippen LogP contribution in [0.3, 0.4) is 0 Å². The normalized spacial score (nSPS) is 41.2. The number of hydrogen-bond acceptors (Lipinski definition) is 3. The van der Waals surface area contributed by atoms with Crippen LogP contribution in [-0.4, -0.2) is 34.2 Å². The van der Waals surface area contributed by atoms with Gasteiger partial charge in [-0.15, -0.1) is 0 Å². The zero-order chi connectivity index (χ0) is 20.3. The van der Waals surface area contributed by atoms with E-state index in [1.54, 1.807) is 0 Å². The fourth-order valence-corrected chi connectivity index (χ4v) is 7.52. The molecule has 6 aliphatic rings. The number of rotatable bonds is 5. The third kappa shape index (κ3) is 3.25. The fraction of sp³-hybridized carbons (Fsp3) is 0.792. The molecule has 1 aliphatic heterocycles. The summed E-state index contributed by atoms with van der Waals surface area (Å²) < 4.78 is 0. The van der Waals surface area contributed by atoms with Gasteiger partial charge in [0.15, 0.2) is 0 Å². The molecule has 0 aromatic heterocycles. The number of nitrogens with zero attached hydrogens (tertiary/aromatic N) is 1. The van der Waals surface area contributed by atoms with E-state index in [2.05, 4.69) is 19.2 Å². The zero-order valence-corrected chi connectivity index (χ0v) is 17.7. The van der Waals surface area contributed by atoms with Gasteiger partial charge in [0.05, 0.1) is 11.8 Å². The Morgan fingerprint density at radius 3 is 1.93 bits per heavy atom. The number of hydrogen-bond donors (Lipinski definition) is 1. The highest BCUT2D eigenvalue weighted by atomic mass is 16.2. The summed E-state index contributed by atoms with van der Waals surface area (Å²) in [5.41, 5.74) is -0.0960. The number of carbonyl (C=O) groups excluding carboxylic acids is 3. The molecule has 4 bridgehead atoms. The standard InChI is InChI=1S/C24H34N2O3/c1-14(2)7-20(26-22(28)18-5-3-4-6-19(18)23(26)29)21(27)25-24-11-15-8-16(12-24)10-17(9-15)13-24/h3-4,14-20H,5-13H2,1-2H3,(H,25,27). The van der Waals surface area contributed by atoms with Gasteiger partial charge in [-0.2, -0.15) is 0 Å². The van der Waals surface area contributed by atoms with E-state index in [1.807, 2.05) is 12.2 Å². The zero-order valence-electron chi connectivity index (χ0n) is 17.7. The monoisotopic (exact) mass is 398 g/mol. The number of carbonyl (C=O) groups is 3. The van der Waals surface area contributed by atoms with Crippen LogP contribution in [0, 0.1) is 35.5 Å². The molecule has 3 amide bonds. The van der Waals surface area contributed by atoms with Crippen molar-refractivity contribution in [3.05, 3.63) is 12.2 Å². The summed E-state index contributed by atoms with van der Waals surface area (Å²) in [6, 6.07) is -0.659. The minimum atomic E-state index is -0.659. The first kappa shape index (κ1) is 19.3. The van der Waals surface area contributed by atoms with Crippen molar-refractivity contribution < 1.29 is 14.4 Å². The van der Waals surface area contributed by atoms with Crippen LogP contribution in [0.2, 0.25) is 0 Å². The molecule has 0 radical (unpaired) electrons. The van der Waals surface area contributed by atoms with E-state index in [0.29, 0.717) is 19.3 Å². The molecular formula is C24H34N2O3. The van der Waals surface area contributed by atoms with Gasteiger partial charge in [0.25, 0.3) is 0 Å². The summed E-state index contributed by atoms with van der Waals surface area (Å²) in [5.74, 6) is 1.59. The summed E-state index contributed by atoms with van der Waals surface area (Å²) in [6.45, 7) is 4.12. The lowest BCUT2D eigenvalue weighted by Crippen LogP contribution is -2.63. The Hall–Kier alpha value is -1.65. The van der Waals surface area contributed by atoms with Crippen molar-refractivity contribution in [1.82, 2.24) is 10.2 Å². The van der Waals surface area contributed by atoms with Crippen molar-refractivity contribution >= 4 is 17.7 Å². The van der Waals surface area contributed by atoms with Crippen molar-refractivity contribution in [2.24, 2.45) is 35.5 Å². The first-order chi connectivity index (χ1) is 13.8. The van der Waals surface area contributed by atoms with Gasteiger partial charge in [-0.25, -0.2) is 0 Å². The molecule has 1 saturated heterocycles. The molecule has 1 heterocycles. The van der Waals surface area contributed by atoms with Crippen LogP contribution in [0.5, 0.6) is 0 Å². The SMILES string of the molecule is CC(C)CC(C(=O)NC12CC3CC(CC(C3)C1)C2)N1C(=O)C2CC=CCC2C1=O. The van der Waals surface area contributed by atoms with Crippen LogP contribution in [-0.2, 0) is 14.4 Å². The Morgan fingerprint density at radius 1 is 1.00 bits per heavy atom. The average Bonchev–Trinajstić information content (AvgIpc) is 2.89. The van der Waals surface area contributed by atoms with Crippen LogP contribution in [0.4, 0.5) is 0 Å². The Kier molecular flexibility index (Phi) is 4.63. The molecule has 5 heteroatoms. The van der Waals surface area contributed by atoms with E-state index < -0.39 is 6.04 Å². The van der Waals surface area contributed by atoms with Crippen LogP contribution in [0.15, 0.2) is 12.2 Å². The maximum atomic E-state index is 13.6. The lowest BCUT2D eigenvalue weighted by molar-refractivity contribution is -0.150. The van der Waals surface area contributed by atoms with E-state index in [4.69, 9.17) is 0 Å². The molecule has 5 aliphatic carbocycles. The number of imide groups is 1. The van der Waals surface area contributed by atoms with Crippen molar-refractivity contribution in [2.45, 2.75) is 83.2 Å². The Bertz CT molecular complexity index is 694. The van der Waals surface area contributed by atoms with Crippen molar-refractivity contribution in [2.75, 3.05) is 0 Å². The molecule has 5 nitrogen and oxygen atoms in total. The lowest BCUT2D eigenvalue weighted by Gasteiger charge is -2.57. The quantitative estimate of drug-likeness (QED) is 0.570. The van der Waals surface area contributed by atoms with Gasteiger partial charge in [0, 0.05) is 5.54 Å². The smallest absolute Gasteiger partial charge is 0.243 e. The molecule has 3 atom stereocenters. The summed E-state index contributed by atoms with van der Waals surface area (Å²) in [5, 5.41) is 3.43. The number of fused-ring (bicyclic) bond motifs is 1. The summed E-state index contributed by atoms with van der Waals surface area (Å²) in [4.78, 5) is 41.2. The van der Waals surface area contributed by atoms with Gasteiger partial charge < -0.3 is 5.32 Å². The molecule has 0 aromatic carbocycles. The molecule has 4 saturated carbocycles. The Balaban J connectivity index is 1.38. The minimum Gasteiger partial charge on any atom is -0.349 e. The summed E-state index contributed by atoms with van der Waals surface area (Å²) in [7, 11) is 0. The van der Waals surface area contributed by atoms with E-state index in [-0.39, 0.29) is 41.0 Å². The average molecular weight is 399 g/mol. The number of likely N-dealkylation sites (tertiary alicyclic amines) is 1. The predicted octanol–water partition coefficient (Wildman–Crippen LogP) is 3.44. The van der Waals surface area contributed by atoms with Gasteiger partial charge in [-0.1, -0.05) is 26.0 Å². The van der Waals surface area contributed by atoms with E-state index in [0.717, 1.165) is 37.0 Å². The summed E-state index contributed by atoms with van der Waals surface area (Å²) in [6.07, 6.45) is 13.0. The molecular weight excluding hydrogens is 364 g/mol. The molecule has 29 heavy (non-hydrogen) atoms. The van der Waals surface area contributed by atoms with E-state index >= 15 is 0 Å². The molecule has 0 spiro atoms. The first-order valence-corrected chi connectivity index (χ1v) is 11.7. The molecule has 5 fully saturated rings. The second-order valence-electron chi connectivity index (χ2n) is 11.0. The summed E-state index contributed by atoms with van der Waals surface area (Å²) >= 11 is 0. The number of nitrogens with one attached hydrogen (secondary N) is 1. The highest BCUT2D eigenvalue weighted by Crippen LogP contribution is 2.55. The topological polar surface area (TPSA) is 66.5 Å². The third-order valence-corrected chi connectivity index (χ3v) is 8.28. The highest BCUT2D eigenvalue weighted by molar-refractivity contribution is 6.08. The minimum absolute atomic E-state index is 0.0889. The largest absolute Gasteiger partial charge is 0.349 e. The van der Waals surface area contributed by atoms with Gasteiger partial charge in [-0.05, 0) is 81.5 Å². The van der Waals surface area contributed by atoms with Crippen molar-refractivity contribution in [3.8, 4) is 0 Å². The maximum absolute atomic E-state index is 13.6. The van der Waals surface area contributed by atoms with Crippen LogP contribution in [0.1, 0.15) is 71.6 Å². The molecule has 3 unspecified atom stereocenters. The maximum Gasteiger partial charge on any atom is 0.243 e. The lowest BCUT2D eigenvalue weighted by atomic mass is 9.53. The Labute approximate surface area is 173 Å². The fourth-order valence-electron chi connectivity index (χ4n) is 7.52. The van der Waals surface area contributed by atoms with Crippen molar-refractivity contribution in [3.63, 3.8) is 0 Å². The Morgan fingerprint density at radius 2 is 1.48 bits per heavy atom.